The third kappa shape index (κ3) is 17.1. The summed E-state index contributed by atoms with van der Waals surface area (Å²) in [4.78, 5) is 4.26. The van der Waals surface area contributed by atoms with Crippen molar-refractivity contribution in [1.29, 1.82) is 0 Å². The number of likely N-dealkylation sites (N-methyl/N-ethyl adjacent to an activating group) is 2. The van der Waals surface area contributed by atoms with Crippen LogP contribution in [0.3, 0.4) is 0 Å². The first kappa shape index (κ1) is 24.2. The average Bonchev–Trinajstić information content (AvgIpc) is 2.24. The van der Waals surface area contributed by atoms with E-state index in [2.05, 4.69) is 9.80 Å². The maximum atomic E-state index is 8.71. The average molecular weight is 341 g/mol. The molecule has 0 aliphatic rings. The van der Waals surface area contributed by atoms with Crippen molar-refractivity contribution in [2.45, 2.75) is 0 Å². The van der Waals surface area contributed by atoms with E-state index in [1.165, 1.54) is 0 Å². The Morgan fingerprint density at radius 1 is 0.722 bits per heavy atom. The molecule has 0 spiro atoms. The van der Waals surface area contributed by atoms with Gasteiger partial charge in [0.1, 0.15) is 0 Å². The van der Waals surface area contributed by atoms with Crippen molar-refractivity contribution in [3.05, 3.63) is 0 Å². The minimum atomic E-state index is 0. The maximum absolute atomic E-state index is 8.71. The number of nitrogens with zero attached hydrogens (tertiary/aromatic N) is 2. The van der Waals surface area contributed by atoms with E-state index in [9.17, 15) is 0 Å². The quantitative estimate of drug-likeness (QED) is 0.433. The summed E-state index contributed by atoms with van der Waals surface area (Å²) >= 11 is 0. The van der Waals surface area contributed by atoms with Crippen LogP contribution in [0.1, 0.15) is 0 Å². The highest BCUT2D eigenvalue weighted by Crippen LogP contribution is 2.20. The highest BCUT2D eigenvalue weighted by molar-refractivity contribution is 8.76. The largest absolute Gasteiger partial charge is 0.395 e. The van der Waals surface area contributed by atoms with Crippen molar-refractivity contribution in [3.8, 4) is 0 Å². The molecule has 0 unspecified atom stereocenters. The molecule has 114 valence electrons. The van der Waals surface area contributed by atoms with Gasteiger partial charge in [0.15, 0.2) is 0 Å². The fourth-order valence-corrected chi connectivity index (χ4v) is 3.23. The zero-order chi connectivity index (χ0) is 12.2. The lowest BCUT2D eigenvalue weighted by atomic mass is 10.5. The summed E-state index contributed by atoms with van der Waals surface area (Å²) in [6, 6.07) is 0. The van der Waals surface area contributed by atoms with Crippen LogP contribution in [0, 0.1) is 0 Å². The van der Waals surface area contributed by atoms with Crippen molar-refractivity contribution in [1.82, 2.24) is 9.80 Å². The van der Waals surface area contributed by atoms with E-state index in [4.69, 9.17) is 10.2 Å². The van der Waals surface area contributed by atoms with E-state index < -0.39 is 0 Å². The standard InChI is InChI=1S/C10H24N2O2S2.2ClH/c1-11(3-7-13)5-9-15-16-10-6-12(2)4-8-14;;/h13-14H,3-10H2,1-2H3;2*1H. The van der Waals surface area contributed by atoms with Crippen molar-refractivity contribution in [2.24, 2.45) is 0 Å². The number of hydrogen-bond acceptors (Lipinski definition) is 6. The molecule has 0 aliphatic heterocycles. The van der Waals surface area contributed by atoms with Crippen LogP contribution in [-0.2, 0) is 0 Å². The van der Waals surface area contributed by atoms with E-state index in [0.29, 0.717) is 0 Å². The van der Waals surface area contributed by atoms with Crippen molar-refractivity contribution < 1.29 is 10.2 Å². The molecule has 0 saturated heterocycles. The normalized spacial score (nSPS) is 10.3. The van der Waals surface area contributed by atoms with Crippen LogP contribution in [0.25, 0.3) is 0 Å². The second kappa shape index (κ2) is 18.1. The monoisotopic (exact) mass is 340 g/mol. The smallest absolute Gasteiger partial charge is 0.0558 e. The molecule has 0 heterocycles. The Hall–Kier alpha value is 1.12. The minimum Gasteiger partial charge on any atom is -0.395 e. The van der Waals surface area contributed by atoms with Gasteiger partial charge >= 0.3 is 0 Å². The number of halogens is 2. The molecule has 0 saturated carbocycles. The van der Waals surface area contributed by atoms with Gasteiger partial charge in [0.25, 0.3) is 0 Å². The van der Waals surface area contributed by atoms with Gasteiger partial charge < -0.3 is 20.0 Å². The highest BCUT2D eigenvalue weighted by atomic mass is 35.5. The summed E-state index contributed by atoms with van der Waals surface area (Å²) in [5.41, 5.74) is 0. The van der Waals surface area contributed by atoms with Crippen LogP contribution in [0.15, 0.2) is 0 Å². The summed E-state index contributed by atoms with van der Waals surface area (Å²) in [7, 11) is 7.79. The molecule has 0 aliphatic carbocycles. The highest BCUT2D eigenvalue weighted by Gasteiger charge is 1.99. The molecule has 18 heavy (non-hydrogen) atoms. The number of aliphatic hydroxyl groups excluding tert-OH is 2. The molecule has 0 atom stereocenters. The third-order valence-electron chi connectivity index (χ3n) is 2.16. The number of hydrogen-bond donors (Lipinski definition) is 2. The molecule has 0 aromatic heterocycles. The van der Waals surface area contributed by atoms with Crippen molar-refractivity contribution in [3.63, 3.8) is 0 Å². The van der Waals surface area contributed by atoms with E-state index in [1.54, 1.807) is 0 Å². The minimum absolute atomic E-state index is 0. The van der Waals surface area contributed by atoms with Gasteiger partial charge in [0.2, 0.25) is 0 Å². The molecular weight excluding hydrogens is 315 g/mol. The van der Waals surface area contributed by atoms with E-state index in [0.717, 1.165) is 37.7 Å². The lowest BCUT2D eigenvalue weighted by Gasteiger charge is -2.15. The van der Waals surface area contributed by atoms with Gasteiger partial charge in [-0.1, -0.05) is 21.6 Å². The Balaban J connectivity index is -0.00000112. The maximum Gasteiger partial charge on any atom is 0.0558 e. The molecule has 8 heteroatoms. The summed E-state index contributed by atoms with van der Waals surface area (Å²) < 4.78 is 0. The summed E-state index contributed by atoms with van der Waals surface area (Å²) in [6.07, 6.45) is 0. The molecule has 0 aromatic rings. The molecule has 0 aromatic carbocycles. The Bertz CT molecular complexity index is 146. The lowest BCUT2D eigenvalue weighted by Crippen LogP contribution is -2.25. The predicted octanol–water partition coefficient (Wildman–Crippen LogP) is 1.06. The summed E-state index contributed by atoms with van der Waals surface area (Å²) in [5.74, 6) is 2.18. The zero-order valence-corrected chi connectivity index (χ0v) is 14.3. The molecule has 0 bridgehead atoms. The Morgan fingerprint density at radius 2 is 1.06 bits per heavy atom. The number of rotatable bonds is 11. The number of aliphatic hydroxyl groups is 2. The molecule has 0 rings (SSSR count). The van der Waals surface area contributed by atoms with Gasteiger partial charge in [-0.3, -0.25) is 0 Å². The van der Waals surface area contributed by atoms with E-state index in [1.807, 2.05) is 35.7 Å². The third-order valence-corrected chi connectivity index (χ3v) is 4.52. The van der Waals surface area contributed by atoms with Gasteiger partial charge in [-0.2, -0.15) is 0 Å². The Kier molecular flexibility index (Phi) is 24.3. The summed E-state index contributed by atoms with van der Waals surface area (Å²) in [6.45, 7) is 4.02. The van der Waals surface area contributed by atoms with Gasteiger partial charge in [0, 0.05) is 37.7 Å². The molecule has 0 radical (unpaired) electrons. The van der Waals surface area contributed by atoms with Crippen molar-refractivity contribution >= 4 is 46.4 Å². The first-order chi connectivity index (χ1) is 7.70. The van der Waals surface area contributed by atoms with Crippen LogP contribution in [-0.4, -0.2) is 85.0 Å². The topological polar surface area (TPSA) is 46.9 Å². The first-order valence-corrected chi connectivity index (χ1v) is 8.02. The SMILES string of the molecule is CN(CCO)CCSSCCN(C)CCO.Cl.Cl. The van der Waals surface area contributed by atoms with Gasteiger partial charge in [0.05, 0.1) is 13.2 Å². The van der Waals surface area contributed by atoms with Crippen LogP contribution in [0.5, 0.6) is 0 Å². The second-order valence-corrected chi connectivity index (χ2v) is 6.40. The molecular formula is C10H26Cl2N2O2S2. The van der Waals surface area contributed by atoms with Gasteiger partial charge in [-0.25, -0.2) is 0 Å². The Morgan fingerprint density at radius 3 is 1.33 bits per heavy atom. The zero-order valence-electron chi connectivity index (χ0n) is 11.1. The van der Waals surface area contributed by atoms with Crippen LogP contribution >= 0.6 is 46.4 Å². The van der Waals surface area contributed by atoms with Crippen LogP contribution in [0.2, 0.25) is 0 Å². The lowest BCUT2D eigenvalue weighted by molar-refractivity contribution is 0.228. The summed E-state index contributed by atoms with van der Waals surface area (Å²) in [5, 5.41) is 17.4. The van der Waals surface area contributed by atoms with Crippen molar-refractivity contribution in [2.75, 3.05) is 65.0 Å². The molecule has 2 N–H and O–H groups in total. The van der Waals surface area contributed by atoms with Gasteiger partial charge in [-0.15, -0.1) is 24.8 Å². The van der Waals surface area contributed by atoms with E-state index >= 15 is 0 Å². The molecule has 0 fully saturated rings. The van der Waals surface area contributed by atoms with Crippen LogP contribution in [0.4, 0.5) is 0 Å². The van der Waals surface area contributed by atoms with Gasteiger partial charge in [-0.05, 0) is 14.1 Å². The fraction of sp³-hybridized carbons (Fsp3) is 1.00. The fourth-order valence-electron chi connectivity index (χ4n) is 1.07. The molecule has 0 amide bonds. The first-order valence-electron chi connectivity index (χ1n) is 5.54. The predicted molar refractivity (Wildman–Crippen MR) is 88.6 cm³/mol. The van der Waals surface area contributed by atoms with Crippen LogP contribution < -0.4 is 0 Å². The Labute approximate surface area is 131 Å². The second-order valence-electron chi connectivity index (χ2n) is 3.70. The van der Waals surface area contributed by atoms with E-state index in [-0.39, 0.29) is 38.0 Å². The molecule has 4 nitrogen and oxygen atoms in total.